The molecule has 2 rings (SSSR count). The fourth-order valence-corrected chi connectivity index (χ4v) is 1.90. The van der Waals surface area contributed by atoms with Crippen molar-refractivity contribution in [2.45, 2.75) is 38.1 Å². The lowest BCUT2D eigenvalue weighted by molar-refractivity contribution is 0.441. The SMILES string of the molecule is CCCC1(n2cccc2)CC1. The van der Waals surface area contributed by atoms with Crippen LogP contribution in [-0.4, -0.2) is 4.57 Å². The Morgan fingerprint density at radius 1 is 1.27 bits per heavy atom. The summed E-state index contributed by atoms with van der Waals surface area (Å²) < 4.78 is 2.39. The Labute approximate surface area is 68.0 Å². The number of hydrogen-bond acceptors (Lipinski definition) is 0. The fourth-order valence-electron chi connectivity index (χ4n) is 1.90. The predicted molar refractivity (Wildman–Crippen MR) is 46.5 cm³/mol. The Hall–Kier alpha value is -0.720. The van der Waals surface area contributed by atoms with Crippen LogP contribution in [0.25, 0.3) is 0 Å². The van der Waals surface area contributed by atoms with E-state index in [1.807, 2.05) is 0 Å². The molecule has 0 N–H and O–H groups in total. The lowest BCUT2D eigenvalue weighted by Gasteiger charge is -2.15. The van der Waals surface area contributed by atoms with Crippen LogP contribution >= 0.6 is 0 Å². The first-order valence-corrected chi connectivity index (χ1v) is 4.51. The van der Waals surface area contributed by atoms with Gasteiger partial charge >= 0.3 is 0 Å². The number of nitrogens with zero attached hydrogens (tertiary/aromatic N) is 1. The Balaban J connectivity index is 2.15. The average molecular weight is 149 g/mol. The third-order valence-corrected chi connectivity index (χ3v) is 2.69. The minimum absolute atomic E-state index is 0.540. The second-order valence-corrected chi connectivity index (χ2v) is 3.56. The summed E-state index contributed by atoms with van der Waals surface area (Å²) in [4.78, 5) is 0. The third kappa shape index (κ3) is 1.09. The van der Waals surface area contributed by atoms with E-state index in [1.165, 1.54) is 25.7 Å². The zero-order valence-corrected chi connectivity index (χ0v) is 7.09. The minimum Gasteiger partial charge on any atom is -0.348 e. The number of rotatable bonds is 3. The van der Waals surface area contributed by atoms with E-state index in [1.54, 1.807) is 0 Å². The molecule has 11 heavy (non-hydrogen) atoms. The van der Waals surface area contributed by atoms with Crippen molar-refractivity contribution in [3.8, 4) is 0 Å². The van der Waals surface area contributed by atoms with E-state index in [0.29, 0.717) is 5.54 Å². The smallest absolute Gasteiger partial charge is 0.0441 e. The van der Waals surface area contributed by atoms with Gasteiger partial charge in [0.2, 0.25) is 0 Å². The lowest BCUT2D eigenvalue weighted by atomic mass is 10.1. The van der Waals surface area contributed by atoms with E-state index < -0.39 is 0 Å². The second-order valence-electron chi connectivity index (χ2n) is 3.56. The quantitative estimate of drug-likeness (QED) is 0.622. The highest BCUT2D eigenvalue weighted by atomic mass is 15.1. The van der Waals surface area contributed by atoms with Crippen LogP contribution in [0, 0.1) is 0 Å². The molecule has 1 heteroatoms. The fraction of sp³-hybridized carbons (Fsp3) is 0.600. The molecule has 1 aromatic rings. The van der Waals surface area contributed by atoms with Crippen LogP contribution in [0.5, 0.6) is 0 Å². The van der Waals surface area contributed by atoms with Gasteiger partial charge in [-0.05, 0) is 31.4 Å². The molecule has 1 heterocycles. The van der Waals surface area contributed by atoms with Crippen LogP contribution in [0.4, 0.5) is 0 Å². The highest BCUT2D eigenvalue weighted by Crippen LogP contribution is 2.47. The molecule has 0 spiro atoms. The standard InChI is InChI=1S/C10H15N/c1-2-5-10(6-7-10)11-8-3-4-9-11/h3-4,8-9H,2,5-7H2,1H3. The van der Waals surface area contributed by atoms with E-state index in [4.69, 9.17) is 0 Å². The zero-order chi connectivity index (χ0) is 7.73. The molecule has 1 aromatic heterocycles. The van der Waals surface area contributed by atoms with Crippen molar-refractivity contribution in [3.63, 3.8) is 0 Å². The molecule has 0 atom stereocenters. The maximum atomic E-state index is 2.39. The predicted octanol–water partition coefficient (Wildman–Crippen LogP) is 2.78. The van der Waals surface area contributed by atoms with Gasteiger partial charge in [-0.1, -0.05) is 13.3 Å². The van der Waals surface area contributed by atoms with Crippen LogP contribution in [0.1, 0.15) is 32.6 Å². The molecular weight excluding hydrogens is 134 g/mol. The summed E-state index contributed by atoms with van der Waals surface area (Å²) in [7, 11) is 0. The largest absolute Gasteiger partial charge is 0.348 e. The van der Waals surface area contributed by atoms with Crippen molar-refractivity contribution >= 4 is 0 Å². The Morgan fingerprint density at radius 2 is 1.91 bits per heavy atom. The molecular formula is C10H15N. The molecule has 0 radical (unpaired) electrons. The van der Waals surface area contributed by atoms with Gasteiger partial charge in [-0.25, -0.2) is 0 Å². The van der Waals surface area contributed by atoms with E-state index in [9.17, 15) is 0 Å². The van der Waals surface area contributed by atoms with E-state index >= 15 is 0 Å². The van der Waals surface area contributed by atoms with Crippen molar-refractivity contribution in [2.75, 3.05) is 0 Å². The van der Waals surface area contributed by atoms with Gasteiger partial charge in [-0.3, -0.25) is 0 Å². The van der Waals surface area contributed by atoms with Crippen LogP contribution in [0.2, 0.25) is 0 Å². The van der Waals surface area contributed by atoms with Crippen LogP contribution in [0.15, 0.2) is 24.5 Å². The highest BCUT2D eigenvalue weighted by Gasteiger charge is 2.42. The molecule has 1 aliphatic carbocycles. The van der Waals surface area contributed by atoms with Gasteiger partial charge in [0.1, 0.15) is 0 Å². The summed E-state index contributed by atoms with van der Waals surface area (Å²) in [6.07, 6.45) is 9.82. The summed E-state index contributed by atoms with van der Waals surface area (Å²) >= 11 is 0. The Bertz CT molecular complexity index is 219. The normalized spacial score (nSPS) is 20.1. The van der Waals surface area contributed by atoms with Crippen molar-refractivity contribution in [3.05, 3.63) is 24.5 Å². The first kappa shape index (κ1) is 6.96. The maximum Gasteiger partial charge on any atom is 0.0441 e. The third-order valence-electron chi connectivity index (χ3n) is 2.69. The van der Waals surface area contributed by atoms with Crippen molar-refractivity contribution in [2.24, 2.45) is 0 Å². The van der Waals surface area contributed by atoms with Crippen LogP contribution < -0.4 is 0 Å². The average Bonchev–Trinajstić information content (AvgIpc) is 2.63. The summed E-state index contributed by atoms with van der Waals surface area (Å²) in [5.41, 5.74) is 0.540. The van der Waals surface area contributed by atoms with Crippen LogP contribution in [-0.2, 0) is 5.54 Å². The Morgan fingerprint density at radius 3 is 2.36 bits per heavy atom. The van der Waals surface area contributed by atoms with Crippen molar-refractivity contribution in [1.29, 1.82) is 0 Å². The van der Waals surface area contributed by atoms with Gasteiger partial charge in [-0.15, -0.1) is 0 Å². The van der Waals surface area contributed by atoms with Gasteiger partial charge in [0, 0.05) is 17.9 Å². The van der Waals surface area contributed by atoms with Crippen LogP contribution in [0.3, 0.4) is 0 Å². The van der Waals surface area contributed by atoms with Gasteiger partial charge in [0.25, 0.3) is 0 Å². The van der Waals surface area contributed by atoms with E-state index in [-0.39, 0.29) is 0 Å². The van der Waals surface area contributed by atoms with Gasteiger partial charge in [0.15, 0.2) is 0 Å². The molecule has 0 amide bonds. The topological polar surface area (TPSA) is 4.93 Å². The molecule has 1 aliphatic rings. The molecule has 1 nitrogen and oxygen atoms in total. The first-order chi connectivity index (χ1) is 5.37. The molecule has 0 unspecified atom stereocenters. The monoisotopic (exact) mass is 149 g/mol. The highest BCUT2D eigenvalue weighted by molar-refractivity contribution is 5.05. The maximum absolute atomic E-state index is 2.39. The number of hydrogen-bond donors (Lipinski definition) is 0. The van der Waals surface area contributed by atoms with E-state index in [0.717, 1.165) is 0 Å². The lowest BCUT2D eigenvalue weighted by Crippen LogP contribution is -2.13. The summed E-state index contributed by atoms with van der Waals surface area (Å²) in [5.74, 6) is 0. The second kappa shape index (κ2) is 2.40. The molecule has 0 bridgehead atoms. The van der Waals surface area contributed by atoms with Crippen molar-refractivity contribution in [1.82, 2.24) is 4.57 Å². The molecule has 0 aliphatic heterocycles. The first-order valence-electron chi connectivity index (χ1n) is 4.51. The summed E-state index contributed by atoms with van der Waals surface area (Å²) in [6, 6.07) is 4.24. The molecule has 60 valence electrons. The number of aromatic nitrogens is 1. The molecule has 0 aromatic carbocycles. The van der Waals surface area contributed by atoms with Gasteiger partial charge in [-0.2, -0.15) is 0 Å². The van der Waals surface area contributed by atoms with Gasteiger partial charge in [0.05, 0.1) is 0 Å². The molecule has 1 fully saturated rings. The molecule has 0 saturated heterocycles. The van der Waals surface area contributed by atoms with Gasteiger partial charge < -0.3 is 4.57 Å². The minimum atomic E-state index is 0.540. The van der Waals surface area contributed by atoms with Crippen molar-refractivity contribution < 1.29 is 0 Å². The summed E-state index contributed by atoms with van der Waals surface area (Å²) in [5, 5.41) is 0. The zero-order valence-electron chi connectivity index (χ0n) is 7.09. The molecule has 1 saturated carbocycles. The van der Waals surface area contributed by atoms with E-state index in [2.05, 4.69) is 36.0 Å². The summed E-state index contributed by atoms with van der Waals surface area (Å²) in [6.45, 7) is 2.27. The Kier molecular flexibility index (Phi) is 1.52.